The number of amides is 2. The first kappa shape index (κ1) is 28.7. The van der Waals surface area contributed by atoms with Crippen molar-refractivity contribution in [2.75, 3.05) is 12.8 Å². The number of nitrogens with two attached hydrogens (primary N) is 1. The number of carboxylic acid groups (broad SMARTS) is 1. The molecule has 1 aromatic heterocycles. The Kier molecular flexibility index (Phi) is 8.97. The number of carbonyl (C=O) groups excluding carboxylic acids is 4. The molecule has 190 valence electrons. The van der Waals surface area contributed by atoms with Gasteiger partial charge in [-0.3, -0.25) is 14.4 Å². The largest absolute Gasteiger partial charge is 1.00 e. The number of nitrogens with one attached hydrogen (secondary N) is 1. The number of methoxy groups -OCH3 is 1. The molecule has 0 bridgehead atoms. The van der Waals surface area contributed by atoms with E-state index >= 15 is 0 Å². The summed E-state index contributed by atoms with van der Waals surface area (Å²) in [6.07, 6.45) is 1.99. The van der Waals surface area contributed by atoms with Crippen molar-refractivity contribution in [3.63, 3.8) is 0 Å². The second-order valence-corrected chi connectivity index (χ2v) is 11.8. The number of hydrogen-bond donors (Lipinski definition) is 2. The molecular weight excluding hydrogens is 521 g/mol. The molecule has 3 N–H and O–H groups in total. The maximum Gasteiger partial charge on any atom is 1.00 e. The molecule has 3 fully saturated rings. The topological polar surface area (TPSA) is 176 Å². The predicted octanol–water partition coefficient (Wildman–Crippen LogP) is -3.52. The Morgan fingerprint density at radius 1 is 1.28 bits per heavy atom. The molecule has 15 heteroatoms. The first-order valence-electron chi connectivity index (χ1n) is 11.1. The first-order chi connectivity index (χ1) is 16.5. The van der Waals surface area contributed by atoms with Gasteiger partial charge < -0.3 is 35.4 Å². The normalized spacial score (nSPS) is 28.9. The van der Waals surface area contributed by atoms with Gasteiger partial charge in [-0.25, -0.2) is 4.98 Å². The van der Waals surface area contributed by atoms with Crippen LogP contribution in [0.25, 0.3) is 0 Å². The average Bonchev–Trinajstić information content (AvgIpc) is 3.35. The van der Waals surface area contributed by atoms with Gasteiger partial charge in [0.1, 0.15) is 23.2 Å². The van der Waals surface area contributed by atoms with E-state index in [0.29, 0.717) is 25.7 Å². The van der Waals surface area contributed by atoms with Crippen LogP contribution in [0.15, 0.2) is 10.5 Å². The molecule has 2 saturated heterocycles. The Morgan fingerprint density at radius 3 is 2.50 bits per heavy atom. The molecule has 12 nitrogen and oxygen atoms in total. The van der Waals surface area contributed by atoms with Gasteiger partial charge in [0, 0.05) is 10.1 Å². The van der Waals surface area contributed by atoms with Crippen molar-refractivity contribution in [1.82, 2.24) is 15.2 Å². The van der Waals surface area contributed by atoms with E-state index in [-0.39, 0.29) is 64.1 Å². The number of nitrogen functional groups attached to an aromatic ring is 1. The number of aliphatic carboxylic acids is 1. The first-order valence-corrected chi connectivity index (χ1v) is 12.8. The Bertz CT molecular complexity index is 1070. The van der Waals surface area contributed by atoms with Gasteiger partial charge in [0.2, 0.25) is 5.91 Å². The second-order valence-electron chi connectivity index (χ2n) is 9.14. The summed E-state index contributed by atoms with van der Waals surface area (Å²) >= 11 is 2.41. The number of β-lactam (4-membered cyclic amide) rings is 1. The average molecular weight is 548 g/mol. The number of rotatable bonds is 7. The van der Waals surface area contributed by atoms with Gasteiger partial charge in [-0.1, -0.05) is 5.16 Å². The number of ether oxygens (including phenoxy) is 1. The molecule has 0 radical (unpaired) electrons. The van der Waals surface area contributed by atoms with E-state index in [2.05, 4.69) is 15.5 Å². The molecule has 1 aromatic rings. The number of aromatic nitrogens is 1. The molecule has 3 heterocycles. The maximum atomic E-state index is 13.2. The van der Waals surface area contributed by atoms with Gasteiger partial charge in [0.05, 0.1) is 25.0 Å². The maximum absolute atomic E-state index is 13.2. The van der Waals surface area contributed by atoms with Crippen LogP contribution in [0, 0.1) is 5.92 Å². The molecule has 36 heavy (non-hydrogen) atoms. The van der Waals surface area contributed by atoms with Crippen molar-refractivity contribution >= 4 is 57.7 Å². The summed E-state index contributed by atoms with van der Waals surface area (Å²) in [4.78, 5) is 60.2. The number of carboxylic acids is 1. The number of hydrogen-bond acceptors (Lipinski definition) is 12. The third kappa shape index (κ3) is 5.52. The number of anilines is 1. The van der Waals surface area contributed by atoms with Crippen LogP contribution < -0.4 is 45.7 Å². The monoisotopic (exact) mass is 547 g/mol. The van der Waals surface area contributed by atoms with Gasteiger partial charge >= 0.3 is 35.5 Å². The standard InChI is InChI=1S/C21H27N5O7S2.Na/c1-21(2)14(18(29)30)26-16(28)13(17(26)35-21)24-15(27)12(11-8-34-20(22)23-11)25-33-10-6-4-9(5-7-10)19(31)32-3;/h8-10,13-14,17H,4-7H2,1-3H3,(H2,22,23)(H,24,27)(H,29,30);/q;+1/p-1/b25-12-;/t9-,10-,13-,14-,17+;/m0./s1. The molecule has 3 atom stereocenters. The van der Waals surface area contributed by atoms with E-state index in [1.807, 2.05) is 0 Å². The fourth-order valence-corrected chi connectivity index (χ4v) is 6.80. The van der Waals surface area contributed by atoms with Crippen molar-refractivity contribution in [2.45, 2.75) is 67.8 Å². The van der Waals surface area contributed by atoms with Crippen molar-refractivity contribution in [3.05, 3.63) is 11.1 Å². The summed E-state index contributed by atoms with van der Waals surface area (Å²) in [7, 11) is 1.36. The fourth-order valence-electron chi connectivity index (χ4n) is 4.63. The Labute approximate surface area is 238 Å². The smallest absolute Gasteiger partial charge is 0.548 e. The number of esters is 1. The molecule has 4 rings (SSSR count). The van der Waals surface area contributed by atoms with Crippen LogP contribution in [0.5, 0.6) is 0 Å². The molecule has 2 amide bonds. The predicted molar refractivity (Wildman–Crippen MR) is 125 cm³/mol. The summed E-state index contributed by atoms with van der Waals surface area (Å²) in [5.41, 5.74) is 5.78. The van der Waals surface area contributed by atoms with Crippen molar-refractivity contribution in [3.8, 4) is 0 Å². The van der Waals surface area contributed by atoms with Crippen LogP contribution in [0.2, 0.25) is 0 Å². The molecule has 0 unspecified atom stereocenters. The number of thiazole rings is 1. The molecule has 0 spiro atoms. The van der Waals surface area contributed by atoms with Gasteiger partial charge in [0.25, 0.3) is 5.91 Å². The van der Waals surface area contributed by atoms with Crippen LogP contribution in [-0.4, -0.2) is 74.8 Å². The quantitative estimate of drug-likeness (QED) is 0.114. The number of oxime groups is 1. The minimum atomic E-state index is -1.33. The second kappa shape index (κ2) is 11.3. The van der Waals surface area contributed by atoms with Crippen LogP contribution in [0.3, 0.4) is 0 Å². The molecule has 1 saturated carbocycles. The molecule has 3 aliphatic rings. The van der Waals surface area contributed by atoms with E-state index in [4.69, 9.17) is 15.3 Å². The molecule has 1 aliphatic carbocycles. The van der Waals surface area contributed by atoms with E-state index in [1.54, 1.807) is 19.2 Å². The zero-order chi connectivity index (χ0) is 25.5. The van der Waals surface area contributed by atoms with Crippen molar-refractivity contribution < 1.29 is 63.4 Å². The Balaban J connectivity index is 0.00000361. The van der Waals surface area contributed by atoms with Gasteiger partial charge in [0.15, 0.2) is 10.8 Å². The van der Waals surface area contributed by atoms with E-state index in [0.717, 1.165) is 11.3 Å². The van der Waals surface area contributed by atoms with Crippen LogP contribution >= 0.6 is 23.1 Å². The summed E-state index contributed by atoms with van der Waals surface area (Å²) in [5, 5.41) is 19.6. The number of nitrogens with zero attached hydrogens (tertiary/aromatic N) is 3. The Morgan fingerprint density at radius 2 is 1.94 bits per heavy atom. The van der Waals surface area contributed by atoms with E-state index in [9.17, 15) is 24.3 Å². The Hall–Kier alpha value is -1.87. The number of thioether (sulfide) groups is 1. The molecular formula is C21H26N5NaO7S2. The van der Waals surface area contributed by atoms with Crippen molar-refractivity contribution in [1.29, 1.82) is 0 Å². The third-order valence-electron chi connectivity index (χ3n) is 6.43. The van der Waals surface area contributed by atoms with Gasteiger partial charge in [-0.05, 0) is 39.5 Å². The van der Waals surface area contributed by atoms with E-state index < -0.39 is 40.0 Å². The van der Waals surface area contributed by atoms with Gasteiger partial charge in [-0.15, -0.1) is 23.1 Å². The minimum Gasteiger partial charge on any atom is -0.548 e. The summed E-state index contributed by atoms with van der Waals surface area (Å²) < 4.78 is 4.02. The van der Waals surface area contributed by atoms with Gasteiger partial charge in [-0.2, -0.15) is 0 Å². The summed E-state index contributed by atoms with van der Waals surface area (Å²) in [6, 6.07) is -2.01. The molecule has 2 aliphatic heterocycles. The van der Waals surface area contributed by atoms with E-state index in [1.165, 1.54) is 23.8 Å². The van der Waals surface area contributed by atoms with Crippen LogP contribution in [0.4, 0.5) is 5.13 Å². The third-order valence-corrected chi connectivity index (χ3v) is 8.68. The number of fused-ring (bicyclic) bond motifs is 1. The van der Waals surface area contributed by atoms with Crippen molar-refractivity contribution in [2.24, 2.45) is 11.1 Å². The SMILES string of the molecule is COC(=O)[C@H]1CC[C@H](O/N=C(\C(=O)N[C@H]2C(=O)N3[C@@H]2SC(C)(C)[C@@H]3C(=O)[O-])c2csc(N)n2)CC1.[Na+]. The van der Waals surface area contributed by atoms with Crippen LogP contribution in [0.1, 0.15) is 45.2 Å². The summed E-state index contributed by atoms with van der Waals surface area (Å²) in [5.74, 6) is -2.96. The van der Waals surface area contributed by atoms with Crippen LogP contribution in [-0.2, 0) is 28.8 Å². The molecule has 0 aromatic carbocycles. The number of carbonyl (C=O) groups is 4. The summed E-state index contributed by atoms with van der Waals surface area (Å²) in [6.45, 7) is 3.44. The fraction of sp³-hybridized carbons (Fsp3) is 0.619. The zero-order valence-electron chi connectivity index (χ0n) is 20.4. The minimum absolute atomic E-state index is 0. The zero-order valence-corrected chi connectivity index (χ0v) is 24.0.